The second-order valence-corrected chi connectivity index (χ2v) is 11.1. The summed E-state index contributed by atoms with van der Waals surface area (Å²) >= 11 is 0. The van der Waals surface area contributed by atoms with Gasteiger partial charge in [0.15, 0.2) is 23.1 Å². The van der Waals surface area contributed by atoms with Crippen LogP contribution in [-0.2, 0) is 16.1 Å². The first-order valence-corrected chi connectivity index (χ1v) is 16.0. The predicted octanol–water partition coefficient (Wildman–Crippen LogP) is 8.78. The van der Waals surface area contributed by atoms with Gasteiger partial charge in [-0.3, -0.25) is 14.4 Å². The Morgan fingerprint density at radius 2 is 1.18 bits per heavy atom. The van der Waals surface area contributed by atoms with Crippen LogP contribution in [0.1, 0.15) is 154 Å². The van der Waals surface area contributed by atoms with Crippen molar-refractivity contribution in [1.82, 2.24) is 0 Å². The van der Waals surface area contributed by atoms with E-state index in [0.29, 0.717) is 19.3 Å². The molecule has 0 unspecified atom stereocenters. The summed E-state index contributed by atoms with van der Waals surface area (Å²) in [5, 5.41) is 22.1. The number of halogens is 1. The first-order valence-electron chi connectivity index (χ1n) is 16.0. The number of benzene rings is 2. The minimum atomic E-state index is -1.18. The highest BCUT2D eigenvalue weighted by atomic mass is 19.1. The number of carbonyl (C=O) groups is 4. The fourth-order valence-electron chi connectivity index (χ4n) is 4.91. The minimum Gasteiger partial charge on any atom is -0.504 e. The van der Waals surface area contributed by atoms with E-state index in [1.54, 1.807) is 6.07 Å². The summed E-state index contributed by atoms with van der Waals surface area (Å²) in [6.45, 7) is 5.53. The first-order chi connectivity index (χ1) is 21.2. The third-order valence-corrected chi connectivity index (χ3v) is 7.45. The van der Waals surface area contributed by atoms with Gasteiger partial charge in [-0.05, 0) is 25.3 Å². The number of rotatable bonds is 21. The summed E-state index contributed by atoms with van der Waals surface area (Å²) < 4.78 is 25.2. The molecule has 44 heavy (non-hydrogen) atoms. The van der Waals surface area contributed by atoms with Gasteiger partial charge in [-0.1, -0.05) is 96.8 Å². The maximum Gasteiger partial charge on any atom is 0.340 e. The van der Waals surface area contributed by atoms with Crippen LogP contribution < -0.4 is 4.74 Å². The van der Waals surface area contributed by atoms with E-state index in [4.69, 9.17) is 9.47 Å². The number of unbranched alkanes of at least 4 members (excludes halogenated alkanes) is 9. The van der Waals surface area contributed by atoms with Crippen LogP contribution in [0, 0.1) is 5.82 Å². The average Bonchev–Trinajstić information content (AvgIpc) is 3.01. The molecule has 0 aliphatic heterocycles. The molecule has 2 rings (SSSR count). The lowest BCUT2D eigenvalue weighted by Crippen LogP contribution is -2.21. The van der Waals surface area contributed by atoms with Crippen molar-refractivity contribution in [3.8, 4) is 17.2 Å². The van der Waals surface area contributed by atoms with Gasteiger partial charge in [0.2, 0.25) is 5.75 Å². The summed E-state index contributed by atoms with van der Waals surface area (Å²) in [4.78, 5) is 53.7. The second kappa shape index (κ2) is 19.5. The molecule has 0 radical (unpaired) electrons. The topological polar surface area (TPSA) is 127 Å². The molecule has 0 aliphatic carbocycles. The van der Waals surface area contributed by atoms with Crippen LogP contribution in [0.4, 0.5) is 4.39 Å². The highest BCUT2D eigenvalue weighted by molar-refractivity contribution is 6.17. The van der Waals surface area contributed by atoms with Crippen molar-refractivity contribution in [3.05, 3.63) is 52.3 Å². The van der Waals surface area contributed by atoms with Crippen LogP contribution in [0.2, 0.25) is 0 Å². The Hall–Kier alpha value is -3.75. The van der Waals surface area contributed by atoms with Gasteiger partial charge < -0.3 is 19.7 Å². The number of phenolic OH excluding ortho intramolecular Hbond substituents is 2. The van der Waals surface area contributed by atoms with Crippen molar-refractivity contribution < 1.29 is 43.3 Å². The van der Waals surface area contributed by atoms with E-state index >= 15 is 0 Å². The van der Waals surface area contributed by atoms with Gasteiger partial charge in [0, 0.05) is 24.8 Å². The van der Waals surface area contributed by atoms with Crippen LogP contribution in [0.3, 0.4) is 0 Å². The second-order valence-electron chi connectivity index (χ2n) is 11.1. The molecule has 242 valence electrons. The molecule has 0 saturated carbocycles. The van der Waals surface area contributed by atoms with Crippen LogP contribution in [0.15, 0.2) is 24.3 Å². The van der Waals surface area contributed by atoms with Crippen LogP contribution in [0.5, 0.6) is 17.2 Å². The minimum absolute atomic E-state index is 0.0183. The van der Waals surface area contributed by atoms with E-state index in [0.717, 1.165) is 57.8 Å². The van der Waals surface area contributed by atoms with Gasteiger partial charge in [0.1, 0.15) is 12.4 Å². The van der Waals surface area contributed by atoms with Crippen molar-refractivity contribution in [2.24, 2.45) is 0 Å². The van der Waals surface area contributed by atoms with E-state index in [-0.39, 0.29) is 24.8 Å². The number of phenols is 2. The molecule has 0 heterocycles. The maximum atomic E-state index is 14.3. The maximum absolute atomic E-state index is 14.3. The molecule has 0 saturated heterocycles. The van der Waals surface area contributed by atoms with Crippen molar-refractivity contribution in [3.63, 3.8) is 0 Å². The van der Waals surface area contributed by atoms with Crippen LogP contribution in [-0.4, -0.2) is 33.7 Å². The SMILES string of the molecule is CCCCCCC(=O)Oc1c(O)c(O)c(C(=O)CCCCCC)c(C(=O)OCc2ccccc2F)c1C(=O)CCCCCC. The molecule has 0 aromatic heterocycles. The third-order valence-electron chi connectivity index (χ3n) is 7.45. The number of hydrogen-bond acceptors (Lipinski definition) is 8. The van der Waals surface area contributed by atoms with Gasteiger partial charge in [-0.2, -0.15) is 0 Å². The number of esters is 2. The van der Waals surface area contributed by atoms with E-state index < -0.39 is 69.9 Å². The van der Waals surface area contributed by atoms with Gasteiger partial charge in [0.05, 0.1) is 16.7 Å². The number of aromatic hydroxyl groups is 2. The van der Waals surface area contributed by atoms with Gasteiger partial charge in [-0.15, -0.1) is 0 Å². The molecule has 2 aromatic rings. The summed E-state index contributed by atoms with van der Waals surface area (Å²) in [6, 6.07) is 5.66. The molecular weight excluding hydrogens is 567 g/mol. The molecule has 0 fully saturated rings. The number of carbonyl (C=O) groups excluding carboxylic acids is 4. The number of ether oxygens (including phenoxy) is 2. The highest BCUT2D eigenvalue weighted by Crippen LogP contribution is 2.46. The van der Waals surface area contributed by atoms with Gasteiger partial charge in [-0.25, -0.2) is 9.18 Å². The van der Waals surface area contributed by atoms with Crippen molar-refractivity contribution in [2.75, 3.05) is 0 Å². The third kappa shape index (κ3) is 10.8. The molecule has 9 heteroatoms. The Kier molecular flexibility index (Phi) is 16.2. The fraction of sp³-hybridized carbons (Fsp3) is 0.543. The van der Waals surface area contributed by atoms with Crippen molar-refractivity contribution in [2.45, 2.75) is 124 Å². The normalized spacial score (nSPS) is 10.9. The smallest absolute Gasteiger partial charge is 0.340 e. The van der Waals surface area contributed by atoms with Crippen molar-refractivity contribution in [1.29, 1.82) is 0 Å². The zero-order valence-corrected chi connectivity index (χ0v) is 26.3. The Morgan fingerprint density at radius 1 is 0.659 bits per heavy atom. The lowest BCUT2D eigenvalue weighted by Gasteiger charge is -2.20. The monoisotopic (exact) mass is 614 g/mol. The summed E-state index contributed by atoms with van der Waals surface area (Å²) in [5.41, 5.74) is -1.60. The zero-order chi connectivity index (χ0) is 32.5. The molecule has 2 aromatic carbocycles. The lowest BCUT2D eigenvalue weighted by atomic mass is 9.89. The summed E-state index contributed by atoms with van der Waals surface area (Å²) in [5.74, 6) is -6.51. The molecule has 0 atom stereocenters. The standard InChI is InChI=1S/C35H47FO8/c1-4-7-10-13-20-26(37)29-31(35(42)43-23-24-18-16-17-19-25(24)36)30(27(38)21-14-11-8-5-2)34(33(41)32(29)40)44-28(39)22-15-12-9-6-3/h16-19,40-41H,4-15,20-23H2,1-3H3. The van der Waals surface area contributed by atoms with E-state index in [1.165, 1.54) is 18.2 Å². The van der Waals surface area contributed by atoms with Crippen molar-refractivity contribution >= 4 is 23.5 Å². The lowest BCUT2D eigenvalue weighted by molar-refractivity contribution is -0.134. The fourth-order valence-corrected chi connectivity index (χ4v) is 4.91. The average molecular weight is 615 g/mol. The van der Waals surface area contributed by atoms with E-state index in [9.17, 15) is 33.8 Å². The Labute approximate surface area is 260 Å². The number of Topliss-reactive ketones (excluding diaryl/α,β-unsaturated/α-hetero) is 2. The Morgan fingerprint density at radius 3 is 1.73 bits per heavy atom. The molecule has 0 amide bonds. The predicted molar refractivity (Wildman–Crippen MR) is 166 cm³/mol. The highest BCUT2D eigenvalue weighted by Gasteiger charge is 2.36. The molecule has 0 spiro atoms. The van der Waals surface area contributed by atoms with Gasteiger partial charge >= 0.3 is 11.9 Å². The Balaban J connectivity index is 2.66. The molecule has 2 N–H and O–H groups in total. The van der Waals surface area contributed by atoms with Gasteiger partial charge in [0.25, 0.3) is 0 Å². The number of hydrogen-bond donors (Lipinski definition) is 2. The molecule has 8 nitrogen and oxygen atoms in total. The van der Waals surface area contributed by atoms with E-state index in [2.05, 4.69) is 0 Å². The quantitative estimate of drug-likeness (QED) is 0.0470. The van der Waals surface area contributed by atoms with Crippen LogP contribution in [0.25, 0.3) is 0 Å². The molecule has 0 aliphatic rings. The molecule has 0 bridgehead atoms. The van der Waals surface area contributed by atoms with E-state index in [1.807, 2.05) is 20.8 Å². The van der Waals surface area contributed by atoms with Crippen LogP contribution >= 0.6 is 0 Å². The first kappa shape index (κ1) is 36.4. The summed E-state index contributed by atoms with van der Waals surface area (Å²) in [7, 11) is 0. The molecular formula is C35H47FO8. The summed E-state index contributed by atoms with van der Waals surface area (Å²) in [6.07, 6.45) is 8.89. The zero-order valence-electron chi connectivity index (χ0n) is 26.3. The largest absolute Gasteiger partial charge is 0.504 e. The number of ketones is 2. The Bertz CT molecular complexity index is 1270.